The number of rotatable bonds is 6. The molecule has 0 radical (unpaired) electrons. The topological polar surface area (TPSA) is 60.3 Å². The van der Waals surface area contributed by atoms with Crippen LogP contribution in [0.25, 0.3) is 0 Å². The number of anilines is 1. The second kappa shape index (κ2) is 11.7. The molecule has 2 aromatic carbocycles. The molecule has 0 aromatic heterocycles. The van der Waals surface area contributed by atoms with Gasteiger partial charge in [-0.25, -0.2) is 12.9 Å². The fourth-order valence-corrected chi connectivity index (χ4v) is 4.77. The fraction of sp³-hybridized carbons (Fsp3) is 0.391. The first-order valence-corrected chi connectivity index (χ1v) is 12.1. The van der Waals surface area contributed by atoms with E-state index in [0.29, 0.717) is 31.9 Å². The van der Waals surface area contributed by atoms with E-state index < -0.39 is 35.3 Å². The number of nitrogens with one attached hydrogen (secondary N) is 1. The zero-order chi connectivity index (χ0) is 24.7. The van der Waals surface area contributed by atoms with Gasteiger partial charge in [0.05, 0.1) is 17.9 Å². The zero-order valence-corrected chi connectivity index (χ0v) is 19.8. The lowest BCUT2D eigenvalue weighted by Crippen LogP contribution is -2.48. The molecule has 0 saturated carbocycles. The van der Waals surface area contributed by atoms with Gasteiger partial charge in [0.1, 0.15) is 11.5 Å². The SMILES string of the molecule is CC.O=S(N1CCNCC1)N(Cc1ccc(C2=NN=C(C(F)(F)F)C2)cc1F)c1ccccc1. The molecule has 1 N–H and O–H groups in total. The van der Waals surface area contributed by atoms with Crippen LogP contribution >= 0.6 is 0 Å². The molecule has 2 aromatic rings. The van der Waals surface area contributed by atoms with Crippen LogP contribution in [0.1, 0.15) is 31.4 Å². The van der Waals surface area contributed by atoms with Crippen LogP contribution in [0.4, 0.5) is 23.2 Å². The zero-order valence-electron chi connectivity index (χ0n) is 19.0. The number of hydrogen-bond donors (Lipinski definition) is 1. The Kier molecular flexibility index (Phi) is 8.92. The number of nitrogens with zero attached hydrogens (tertiary/aromatic N) is 4. The van der Waals surface area contributed by atoms with Gasteiger partial charge in [0.15, 0.2) is 11.2 Å². The van der Waals surface area contributed by atoms with E-state index in [9.17, 15) is 21.8 Å². The van der Waals surface area contributed by atoms with Gasteiger partial charge in [-0.15, -0.1) is 5.10 Å². The molecule has 0 spiro atoms. The summed E-state index contributed by atoms with van der Waals surface area (Å²) in [5, 5.41) is 9.95. The molecule has 1 atom stereocenters. The number of hydrogen-bond acceptors (Lipinski definition) is 4. The second-order valence-corrected chi connectivity index (χ2v) is 8.77. The Morgan fingerprint density at radius 2 is 1.74 bits per heavy atom. The number of benzene rings is 2. The summed E-state index contributed by atoms with van der Waals surface area (Å²) < 4.78 is 70.1. The minimum absolute atomic E-state index is 0.0312. The Labute approximate surface area is 199 Å². The maximum atomic E-state index is 15.0. The standard InChI is InChI=1S/C21H21F4N5OS.C2H6/c22-18-12-15(19-13-20(28-27-19)21(23,24)25)6-7-16(18)14-30(17-4-2-1-3-5-17)32(31)29-10-8-26-9-11-29;1-2/h1-7,12,26H,8-11,13-14H2;1-2H3. The van der Waals surface area contributed by atoms with Crippen molar-refractivity contribution in [2.75, 3.05) is 30.5 Å². The lowest BCUT2D eigenvalue weighted by atomic mass is 10.0. The molecular weight excluding hydrogens is 470 g/mol. The minimum atomic E-state index is -4.56. The highest BCUT2D eigenvalue weighted by molar-refractivity contribution is 7.84. The van der Waals surface area contributed by atoms with Crippen LogP contribution in [0.15, 0.2) is 58.7 Å². The van der Waals surface area contributed by atoms with Crippen LogP contribution in [0.2, 0.25) is 0 Å². The third-order valence-corrected chi connectivity index (χ3v) is 6.71. The van der Waals surface area contributed by atoms with Gasteiger partial charge in [-0.3, -0.25) is 4.31 Å². The van der Waals surface area contributed by atoms with Crippen molar-refractivity contribution in [2.45, 2.75) is 33.0 Å². The predicted molar refractivity (Wildman–Crippen MR) is 128 cm³/mol. The Morgan fingerprint density at radius 3 is 2.32 bits per heavy atom. The minimum Gasteiger partial charge on any atom is -0.314 e. The molecule has 0 aliphatic carbocycles. The highest BCUT2D eigenvalue weighted by Crippen LogP contribution is 2.27. The lowest BCUT2D eigenvalue weighted by molar-refractivity contribution is -0.0596. The van der Waals surface area contributed by atoms with Crippen LogP contribution < -0.4 is 9.62 Å². The first kappa shape index (κ1) is 26.0. The largest absolute Gasteiger partial charge is 0.431 e. The van der Waals surface area contributed by atoms with E-state index >= 15 is 0 Å². The van der Waals surface area contributed by atoms with E-state index in [-0.39, 0.29) is 23.4 Å². The Hall–Kier alpha value is -2.63. The van der Waals surface area contributed by atoms with Gasteiger partial charge < -0.3 is 5.32 Å². The maximum Gasteiger partial charge on any atom is 0.431 e. The summed E-state index contributed by atoms with van der Waals surface area (Å²) in [6.07, 6.45) is -5.06. The molecular formula is C23H27F4N5OS. The molecule has 1 saturated heterocycles. The molecule has 11 heteroatoms. The summed E-state index contributed by atoms with van der Waals surface area (Å²) in [6, 6.07) is 13.2. The van der Waals surface area contributed by atoms with E-state index in [1.54, 1.807) is 16.4 Å². The maximum absolute atomic E-state index is 15.0. The van der Waals surface area contributed by atoms with Gasteiger partial charge in [-0.05, 0) is 18.2 Å². The van der Waals surface area contributed by atoms with Crippen molar-refractivity contribution in [1.82, 2.24) is 9.62 Å². The van der Waals surface area contributed by atoms with Gasteiger partial charge in [0.25, 0.3) is 0 Å². The molecule has 6 nitrogen and oxygen atoms in total. The van der Waals surface area contributed by atoms with Gasteiger partial charge >= 0.3 is 6.18 Å². The van der Waals surface area contributed by atoms with E-state index in [0.717, 1.165) is 6.07 Å². The molecule has 0 amide bonds. The number of para-hydroxylation sites is 1. The summed E-state index contributed by atoms with van der Waals surface area (Å²) in [5.74, 6) is -0.607. The summed E-state index contributed by atoms with van der Waals surface area (Å²) in [4.78, 5) is 0. The van der Waals surface area contributed by atoms with Crippen LogP contribution in [0.5, 0.6) is 0 Å². The lowest BCUT2D eigenvalue weighted by Gasteiger charge is -2.32. The van der Waals surface area contributed by atoms with Gasteiger partial charge in [0, 0.05) is 43.7 Å². The van der Waals surface area contributed by atoms with Crippen molar-refractivity contribution < 1.29 is 21.8 Å². The van der Waals surface area contributed by atoms with E-state index in [4.69, 9.17) is 0 Å². The normalized spacial score (nSPS) is 17.4. The molecule has 0 bridgehead atoms. The Balaban J connectivity index is 0.00000158. The Bertz CT molecular complexity index is 1050. The van der Waals surface area contributed by atoms with Gasteiger partial charge in [-0.1, -0.05) is 44.2 Å². The fourth-order valence-electron chi connectivity index (χ4n) is 3.45. The average molecular weight is 498 g/mol. The van der Waals surface area contributed by atoms with Crippen LogP contribution in [-0.4, -0.2) is 52.3 Å². The molecule has 184 valence electrons. The molecule has 1 unspecified atom stereocenters. The third-order valence-electron chi connectivity index (χ3n) is 5.18. The Morgan fingerprint density at radius 1 is 1.06 bits per heavy atom. The van der Waals surface area contributed by atoms with Crippen molar-refractivity contribution in [3.63, 3.8) is 0 Å². The molecule has 4 rings (SSSR count). The third kappa shape index (κ3) is 6.28. The summed E-state index contributed by atoms with van der Waals surface area (Å²) in [5.41, 5.74) is 0.252. The number of piperazine rings is 1. The summed E-state index contributed by atoms with van der Waals surface area (Å²) >= 11 is -1.53. The smallest absolute Gasteiger partial charge is 0.314 e. The van der Waals surface area contributed by atoms with Crippen LogP contribution in [-0.2, 0) is 17.7 Å². The van der Waals surface area contributed by atoms with Crippen LogP contribution in [0.3, 0.4) is 0 Å². The van der Waals surface area contributed by atoms with Crippen molar-refractivity contribution in [3.05, 3.63) is 65.5 Å². The molecule has 2 heterocycles. The second-order valence-electron chi connectivity index (χ2n) is 7.36. The molecule has 2 aliphatic heterocycles. The first-order valence-electron chi connectivity index (χ1n) is 11.0. The summed E-state index contributed by atoms with van der Waals surface area (Å²) in [6.45, 7) is 6.64. The number of halogens is 4. The van der Waals surface area contributed by atoms with Crippen molar-refractivity contribution in [1.29, 1.82) is 0 Å². The van der Waals surface area contributed by atoms with Crippen LogP contribution in [0, 0.1) is 5.82 Å². The van der Waals surface area contributed by atoms with E-state index in [2.05, 4.69) is 15.5 Å². The predicted octanol–water partition coefficient (Wildman–Crippen LogP) is 4.45. The van der Waals surface area contributed by atoms with E-state index in [1.165, 1.54) is 12.1 Å². The molecule has 2 aliphatic rings. The quantitative estimate of drug-likeness (QED) is 0.600. The summed E-state index contributed by atoms with van der Waals surface area (Å²) in [7, 11) is 0. The van der Waals surface area contributed by atoms with Gasteiger partial charge in [0.2, 0.25) is 0 Å². The highest BCUT2D eigenvalue weighted by atomic mass is 32.2. The number of alkyl halides is 3. The average Bonchev–Trinajstić information content (AvgIpc) is 3.36. The van der Waals surface area contributed by atoms with Gasteiger partial charge in [-0.2, -0.15) is 18.3 Å². The van der Waals surface area contributed by atoms with Crippen molar-refractivity contribution in [3.8, 4) is 0 Å². The first-order chi connectivity index (χ1) is 16.3. The monoisotopic (exact) mass is 497 g/mol. The van der Waals surface area contributed by atoms with Crippen molar-refractivity contribution >= 4 is 28.3 Å². The van der Waals surface area contributed by atoms with E-state index in [1.807, 2.05) is 36.4 Å². The molecule has 34 heavy (non-hydrogen) atoms. The van der Waals surface area contributed by atoms with Crippen molar-refractivity contribution in [2.24, 2.45) is 10.2 Å². The molecule has 1 fully saturated rings. The highest BCUT2D eigenvalue weighted by Gasteiger charge is 2.39.